The lowest BCUT2D eigenvalue weighted by atomic mass is 10.1. The number of carbonyl (C=O) groups excluding carboxylic acids is 1. The van der Waals surface area contributed by atoms with Gasteiger partial charge >= 0.3 is 6.18 Å². The second-order valence-electron chi connectivity index (χ2n) is 5.58. The van der Waals surface area contributed by atoms with Crippen LogP contribution in [0.1, 0.15) is 11.1 Å². The molecule has 6 heteroatoms. The van der Waals surface area contributed by atoms with Gasteiger partial charge in [0.25, 0.3) is 0 Å². The van der Waals surface area contributed by atoms with E-state index < -0.39 is 11.7 Å². The monoisotopic (exact) mass is 344 g/mol. The van der Waals surface area contributed by atoms with Gasteiger partial charge in [-0.2, -0.15) is 13.2 Å². The van der Waals surface area contributed by atoms with Crippen LogP contribution in [-0.2, 0) is 17.5 Å². The first-order chi connectivity index (χ1) is 11.9. The highest BCUT2D eigenvalue weighted by Crippen LogP contribution is 2.30. The molecule has 1 amide bonds. The fraction of sp³-hybridized carbons (Fsp3) is 0.105. The first kappa shape index (κ1) is 16.8. The van der Waals surface area contributed by atoms with Crippen LogP contribution < -0.4 is 5.32 Å². The van der Waals surface area contributed by atoms with E-state index in [2.05, 4.69) is 11.9 Å². The van der Waals surface area contributed by atoms with Gasteiger partial charge in [0, 0.05) is 18.1 Å². The highest BCUT2D eigenvalue weighted by atomic mass is 19.4. The van der Waals surface area contributed by atoms with Crippen LogP contribution in [0.3, 0.4) is 0 Å². The lowest BCUT2D eigenvalue weighted by Crippen LogP contribution is -2.10. The molecular formula is C19H15F3N2O. The SMILES string of the molecule is C=CC(=O)Nc1cccc2ccn(Cc3cccc(C(F)(F)F)c3)c12. The average molecular weight is 344 g/mol. The van der Waals surface area contributed by atoms with Gasteiger partial charge in [-0.1, -0.05) is 30.8 Å². The molecule has 1 N–H and O–H groups in total. The fourth-order valence-electron chi connectivity index (χ4n) is 2.72. The standard InChI is InChI=1S/C19H15F3N2O/c1-2-17(25)23-16-8-4-6-14-9-10-24(18(14)16)12-13-5-3-7-15(11-13)19(20,21)22/h2-11H,1,12H2,(H,23,25). The Balaban J connectivity index is 2.00. The van der Waals surface area contributed by atoms with Gasteiger partial charge in [-0.15, -0.1) is 0 Å². The third-order valence-corrected chi connectivity index (χ3v) is 3.84. The van der Waals surface area contributed by atoms with Crippen molar-refractivity contribution < 1.29 is 18.0 Å². The average Bonchev–Trinajstić information content (AvgIpc) is 2.98. The highest BCUT2D eigenvalue weighted by Gasteiger charge is 2.30. The number of nitrogens with zero attached hydrogens (tertiary/aromatic N) is 1. The lowest BCUT2D eigenvalue weighted by molar-refractivity contribution is -0.137. The molecule has 0 bridgehead atoms. The van der Waals surface area contributed by atoms with Gasteiger partial charge in [-0.25, -0.2) is 0 Å². The molecule has 1 aromatic heterocycles. The highest BCUT2D eigenvalue weighted by molar-refractivity contribution is 6.05. The molecule has 0 spiro atoms. The van der Waals surface area contributed by atoms with E-state index in [1.54, 1.807) is 24.4 Å². The van der Waals surface area contributed by atoms with Crippen molar-refractivity contribution in [1.29, 1.82) is 0 Å². The van der Waals surface area contributed by atoms with Crippen LogP contribution in [0.25, 0.3) is 10.9 Å². The van der Waals surface area contributed by atoms with Crippen molar-refractivity contribution in [2.24, 2.45) is 0 Å². The van der Waals surface area contributed by atoms with Crippen molar-refractivity contribution in [3.8, 4) is 0 Å². The first-order valence-electron chi connectivity index (χ1n) is 7.56. The van der Waals surface area contributed by atoms with Gasteiger partial charge in [0.1, 0.15) is 0 Å². The van der Waals surface area contributed by atoms with E-state index in [0.29, 0.717) is 11.3 Å². The fourth-order valence-corrected chi connectivity index (χ4v) is 2.72. The molecule has 1 heterocycles. The summed E-state index contributed by atoms with van der Waals surface area (Å²) in [4.78, 5) is 11.6. The summed E-state index contributed by atoms with van der Waals surface area (Å²) >= 11 is 0. The molecule has 3 nitrogen and oxygen atoms in total. The summed E-state index contributed by atoms with van der Waals surface area (Å²) in [5.41, 5.74) is 1.17. The molecule has 0 saturated heterocycles. The van der Waals surface area contributed by atoms with Gasteiger partial charge in [-0.3, -0.25) is 4.79 Å². The predicted octanol–water partition coefficient (Wildman–Crippen LogP) is 4.83. The molecule has 0 unspecified atom stereocenters. The molecule has 0 saturated carbocycles. The second-order valence-corrected chi connectivity index (χ2v) is 5.58. The molecule has 0 atom stereocenters. The molecule has 25 heavy (non-hydrogen) atoms. The first-order valence-corrected chi connectivity index (χ1v) is 7.56. The minimum absolute atomic E-state index is 0.258. The number of carbonyl (C=O) groups is 1. The molecule has 3 rings (SSSR count). The van der Waals surface area contributed by atoms with Crippen molar-refractivity contribution in [1.82, 2.24) is 4.57 Å². The summed E-state index contributed by atoms with van der Waals surface area (Å²) in [6.45, 7) is 3.68. The molecule has 2 aromatic carbocycles. The largest absolute Gasteiger partial charge is 0.416 e. The number of alkyl halides is 3. The molecular weight excluding hydrogens is 329 g/mol. The van der Waals surface area contributed by atoms with Gasteiger partial charge in [0.2, 0.25) is 5.91 Å². The second kappa shape index (κ2) is 6.47. The van der Waals surface area contributed by atoms with Crippen molar-refractivity contribution >= 4 is 22.5 Å². The van der Waals surface area contributed by atoms with Crippen molar-refractivity contribution in [2.45, 2.75) is 12.7 Å². The van der Waals surface area contributed by atoms with Gasteiger partial charge in [0.15, 0.2) is 0 Å². The summed E-state index contributed by atoms with van der Waals surface area (Å²) < 4.78 is 40.5. The van der Waals surface area contributed by atoms with Gasteiger partial charge < -0.3 is 9.88 Å². The van der Waals surface area contributed by atoms with Gasteiger partial charge in [0.05, 0.1) is 16.8 Å². The van der Waals surface area contributed by atoms with Crippen LogP contribution in [-0.4, -0.2) is 10.5 Å². The molecule has 128 valence electrons. The van der Waals surface area contributed by atoms with E-state index in [4.69, 9.17) is 0 Å². The number of hydrogen-bond acceptors (Lipinski definition) is 1. The zero-order valence-electron chi connectivity index (χ0n) is 13.2. The van der Waals surface area contributed by atoms with E-state index >= 15 is 0 Å². The number of halogens is 3. The number of rotatable bonds is 4. The van der Waals surface area contributed by atoms with Crippen LogP contribution in [0.15, 0.2) is 67.4 Å². The maximum absolute atomic E-state index is 12.9. The molecule has 3 aromatic rings. The van der Waals surface area contributed by atoms with E-state index in [-0.39, 0.29) is 12.5 Å². The zero-order valence-corrected chi connectivity index (χ0v) is 13.2. The van der Waals surface area contributed by atoms with Crippen LogP contribution in [0.2, 0.25) is 0 Å². The van der Waals surface area contributed by atoms with Crippen LogP contribution in [0.4, 0.5) is 18.9 Å². The molecule has 0 aliphatic heterocycles. The number of benzene rings is 2. The zero-order chi connectivity index (χ0) is 18.0. The Morgan fingerprint density at radius 1 is 1.16 bits per heavy atom. The smallest absolute Gasteiger partial charge is 0.341 e. The lowest BCUT2D eigenvalue weighted by Gasteiger charge is -2.12. The van der Waals surface area contributed by atoms with Crippen molar-refractivity contribution in [3.63, 3.8) is 0 Å². The number of fused-ring (bicyclic) bond motifs is 1. The summed E-state index contributed by atoms with van der Waals surface area (Å²) in [5.74, 6) is -0.348. The summed E-state index contributed by atoms with van der Waals surface area (Å²) in [7, 11) is 0. The quantitative estimate of drug-likeness (QED) is 0.676. The number of amides is 1. The molecule has 0 aliphatic rings. The van der Waals surface area contributed by atoms with Crippen LogP contribution in [0.5, 0.6) is 0 Å². The van der Waals surface area contributed by atoms with Crippen LogP contribution in [0, 0.1) is 0 Å². The number of hydrogen-bond donors (Lipinski definition) is 1. The molecule has 0 radical (unpaired) electrons. The topological polar surface area (TPSA) is 34.0 Å². The normalized spacial score (nSPS) is 11.5. The van der Waals surface area contributed by atoms with E-state index in [1.807, 2.05) is 16.7 Å². The molecule has 0 aliphatic carbocycles. The third kappa shape index (κ3) is 3.57. The predicted molar refractivity (Wildman–Crippen MR) is 91.3 cm³/mol. The van der Waals surface area contributed by atoms with E-state index in [1.165, 1.54) is 12.1 Å². The summed E-state index contributed by atoms with van der Waals surface area (Å²) in [5, 5.41) is 3.61. The van der Waals surface area contributed by atoms with Crippen molar-refractivity contribution in [2.75, 3.05) is 5.32 Å². The van der Waals surface area contributed by atoms with E-state index in [9.17, 15) is 18.0 Å². The Labute approximate surface area is 142 Å². The Morgan fingerprint density at radius 2 is 1.92 bits per heavy atom. The Kier molecular flexibility index (Phi) is 4.35. The summed E-state index contributed by atoms with van der Waals surface area (Å²) in [6, 6.07) is 12.5. The Bertz CT molecular complexity index is 941. The minimum atomic E-state index is -4.38. The van der Waals surface area contributed by atoms with Gasteiger partial charge in [-0.05, 0) is 35.9 Å². The van der Waals surface area contributed by atoms with Crippen LogP contribution >= 0.6 is 0 Å². The Morgan fingerprint density at radius 3 is 2.64 bits per heavy atom. The molecule has 0 fully saturated rings. The minimum Gasteiger partial charge on any atom is -0.341 e. The maximum Gasteiger partial charge on any atom is 0.416 e. The Hall–Kier alpha value is -3.02. The number of nitrogens with one attached hydrogen (secondary N) is 1. The number of anilines is 1. The third-order valence-electron chi connectivity index (χ3n) is 3.84. The number of para-hydroxylation sites is 1. The number of aromatic nitrogens is 1. The van der Waals surface area contributed by atoms with Crippen molar-refractivity contribution in [3.05, 3.63) is 78.5 Å². The summed E-state index contributed by atoms with van der Waals surface area (Å²) in [6.07, 6.45) is -1.43. The van der Waals surface area contributed by atoms with E-state index in [0.717, 1.165) is 23.0 Å². The maximum atomic E-state index is 12.9.